The number of hydrogen-bond acceptors (Lipinski definition) is 2. The highest BCUT2D eigenvalue weighted by Gasteiger charge is 2.61. The molecule has 0 bridgehead atoms. The Morgan fingerprint density at radius 1 is 1.25 bits per heavy atom. The quantitative estimate of drug-likeness (QED) is 0.646. The van der Waals surface area contributed by atoms with Gasteiger partial charge in [0, 0.05) is 18.8 Å². The lowest BCUT2D eigenvalue weighted by atomic mass is 9.85. The van der Waals surface area contributed by atoms with Crippen LogP contribution in [0.3, 0.4) is 0 Å². The van der Waals surface area contributed by atoms with Crippen LogP contribution in [0.2, 0.25) is 0 Å². The molecule has 0 aromatic rings. The summed E-state index contributed by atoms with van der Waals surface area (Å²) in [5.41, 5.74) is 6.86. The van der Waals surface area contributed by atoms with Crippen LogP contribution in [0.15, 0.2) is 0 Å². The van der Waals surface area contributed by atoms with Crippen molar-refractivity contribution < 1.29 is 4.74 Å². The van der Waals surface area contributed by atoms with E-state index in [1.165, 1.54) is 19.3 Å². The standard InChI is InChI=1S/C10H19NO/c1-9(2)7-10(9,11)8-3-5-12-6-4-8/h8H,3-7,11H2,1-2H3. The van der Waals surface area contributed by atoms with E-state index in [9.17, 15) is 0 Å². The van der Waals surface area contributed by atoms with Gasteiger partial charge in [-0.3, -0.25) is 0 Å². The highest BCUT2D eigenvalue weighted by Crippen LogP contribution is 2.59. The summed E-state index contributed by atoms with van der Waals surface area (Å²) in [6.07, 6.45) is 3.53. The van der Waals surface area contributed by atoms with Crippen molar-refractivity contribution in [2.24, 2.45) is 17.1 Å². The average Bonchev–Trinajstić information content (AvgIpc) is 2.55. The van der Waals surface area contributed by atoms with Crippen molar-refractivity contribution in [3.63, 3.8) is 0 Å². The summed E-state index contributed by atoms with van der Waals surface area (Å²) in [7, 11) is 0. The fourth-order valence-electron chi connectivity index (χ4n) is 2.60. The minimum atomic E-state index is 0.136. The van der Waals surface area contributed by atoms with Gasteiger partial charge in [0.15, 0.2) is 0 Å². The number of hydrogen-bond donors (Lipinski definition) is 1. The lowest BCUT2D eigenvalue weighted by molar-refractivity contribution is 0.0503. The second-order valence-electron chi connectivity index (χ2n) is 4.99. The summed E-state index contributed by atoms with van der Waals surface area (Å²) in [4.78, 5) is 0. The summed E-state index contributed by atoms with van der Waals surface area (Å²) < 4.78 is 5.34. The van der Waals surface area contributed by atoms with Crippen LogP contribution in [0, 0.1) is 11.3 Å². The maximum atomic E-state index is 6.34. The molecule has 1 saturated heterocycles. The molecule has 0 aromatic heterocycles. The fraction of sp³-hybridized carbons (Fsp3) is 1.00. The molecular formula is C10H19NO. The van der Waals surface area contributed by atoms with Gasteiger partial charge in [-0.15, -0.1) is 0 Å². The zero-order valence-electron chi connectivity index (χ0n) is 8.10. The van der Waals surface area contributed by atoms with Gasteiger partial charge in [0.1, 0.15) is 0 Å². The van der Waals surface area contributed by atoms with E-state index in [1.54, 1.807) is 0 Å². The van der Waals surface area contributed by atoms with Crippen molar-refractivity contribution >= 4 is 0 Å². The first kappa shape index (κ1) is 8.52. The summed E-state index contributed by atoms with van der Waals surface area (Å²) >= 11 is 0. The molecule has 70 valence electrons. The number of rotatable bonds is 1. The van der Waals surface area contributed by atoms with Crippen molar-refractivity contribution in [3.8, 4) is 0 Å². The molecule has 2 rings (SSSR count). The van der Waals surface area contributed by atoms with Gasteiger partial charge in [0.05, 0.1) is 0 Å². The molecule has 0 spiro atoms. The number of ether oxygens (including phenoxy) is 1. The van der Waals surface area contributed by atoms with E-state index in [0.29, 0.717) is 11.3 Å². The van der Waals surface area contributed by atoms with Crippen LogP contribution in [-0.2, 0) is 4.74 Å². The van der Waals surface area contributed by atoms with E-state index in [4.69, 9.17) is 10.5 Å². The van der Waals surface area contributed by atoms with Crippen LogP contribution in [0.4, 0.5) is 0 Å². The second kappa shape index (κ2) is 2.46. The Hall–Kier alpha value is -0.0800. The van der Waals surface area contributed by atoms with Gasteiger partial charge >= 0.3 is 0 Å². The molecule has 1 heterocycles. The topological polar surface area (TPSA) is 35.2 Å². The minimum absolute atomic E-state index is 0.136. The van der Waals surface area contributed by atoms with Gasteiger partial charge in [-0.25, -0.2) is 0 Å². The van der Waals surface area contributed by atoms with Crippen LogP contribution >= 0.6 is 0 Å². The largest absolute Gasteiger partial charge is 0.381 e. The normalized spacial score (nSPS) is 41.2. The van der Waals surface area contributed by atoms with E-state index in [0.717, 1.165) is 13.2 Å². The third kappa shape index (κ3) is 1.09. The van der Waals surface area contributed by atoms with E-state index in [-0.39, 0.29) is 5.54 Å². The molecule has 0 amide bonds. The lowest BCUT2D eigenvalue weighted by Gasteiger charge is -2.30. The fourth-order valence-corrected chi connectivity index (χ4v) is 2.60. The molecule has 2 aliphatic rings. The molecule has 1 aliphatic heterocycles. The SMILES string of the molecule is CC1(C)CC1(N)C1CCOCC1. The van der Waals surface area contributed by atoms with Crippen LogP contribution < -0.4 is 5.73 Å². The van der Waals surface area contributed by atoms with Crippen molar-refractivity contribution in [2.75, 3.05) is 13.2 Å². The monoisotopic (exact) mass is 169 g/mol. The molecule has 2 N–H and O–H groups in total. The third-order valence-corrected chi connectivity index (χ3v) is 3.82. The maximum Gasteiger partial charge on any atom is 0.0469 e. The van der Waals surface area contributed by atoms with E-state index < -0.39 is 0 Å². The summed E-state index contributed by atoms with van der Waals surface area (Å²) in [5, 5.41) is 0. The van der Waals surface area contributed by atoms with E-state index >= 15 is 0 Å². The lowest BCUT2D eigenvalue weighted by Crippen LogP contribution is -2.40. The number of nitrogens with two attached hydrogens (primary N) is 1. The molecule has 1 unspecified atom stereocenters. The van der Waals surface area contributed by atoms with Crippen LogP contribution in [0.1, 0.15) is 33.1 Å². The molecule has 2 fully saturated rings. The molecule has 0 radical (unpaired) electrons. The molecular weight excluding hydrogens is 150 g/mol. The Bertz CT molecular complexity index is 184. The molecule has 0 aromatic carbocycles. The molecule has 12 heavy (non-hydrogen) atoms. The summed E-state index contributed by atoms with van der Waals surface area (Å²) in [6.45, 7) is 6.39. The average molecular weight is 169 g/mol. The molecule has 2 nitrogen and oxygen atoms in total. The van der Waals surface area contributed by atoms with Crippen LogP contribution in [0.5, 0.6) is 0 Å². The molecule has 1 saturated carbocycles. The van der Waals surface area contributed by atoms with Gasteiger partial charge < -0.3 is 10.5 Å². The van der Waals surface area contributed by atoms with Gasteiger partial charge in [-0.05, 0) is 30.6 Å². The Morgan fingerprint density at radius 3 is 2.17 bits per heavy atom. The van der Waals surface area contributed by atoms with Crippen LogP contribution in [-0.4, -0.2) is 18.8 Å². The van der Waals surface area contributed by atoms with Gasteiger partial charge in [0.2, 0.25) is 0 Å². The smallest absolute Gasteiger partial charge is 0.0469 e. The van der Waals surface area contributed by atoms with E-state index in [2.05, 4.69) is 13.8 Å². The van der Waals surface area contributed by atoms with Crippen molar-refractivity contribution in [3.05, 3.63) is 0 Å². The zero-order chi connectivity index (χ0) is 8.82. The highest BCUT2D eigenvalue weighted by molar-refractivity contribution is 5.18. The van der Waals surface area contributed by atoms with Gasteiger partial charge in [-0.2, -0.15) is 0 Å². The van der Waals surface area contributed by atoms with Crippen molar-refractivity contribution in [2.45, 2.75) is 38.6 Å². The van der Waals surface area contributed by atoms with E-state index in [1.807, 2.05) is 0 Å². The Kier molecular flexibility index (Phi) is 1.74. The first-order valence-electron chi connectivity index (χ1n) is 4.93. The Labute approximate surface area is 74.5 Å². The Morgan fingerprint density at radius 2 is 1.75 bits per heavy atom. The highest BCUT2D eigenvalue weighted by atomic mass is 16.5. The van der Waals surface area contributed by atoms with Crippen LogP contribution in [0.25, 0.3) is 0 Å². The first-order valence-corrected chi connectivity index (χ1v) is 4.93. The predicted octanol–water partition coefficient (Wildman–Crippen LogP) is 1.54. The summed E-state index contributed by atoms with van der Waals surface area (Å²) in [6, 6.07) is 0. The maximum absolute atomic E-state index is 6.34. The molecule has 2 heteroatoms. The predicted molar refractivity (Wildman–Crippen MR) is 48.9 cm³/mol. The van der Waals surface area contributed by atoms with Gasteiger partial charge in [0.25, 0.3) is 0 Å². The van der Waals surface area contributed by atoms with Gasteiger partial charge in [-0.1, -0.05) is 13.8 Å². The molecule has 1 aliphatic carbocycles. The van der Waals surface area contributed by atoms with Crippen molar-refractivity contribution in [1.29, 1.82) is 0 Å². The minimum Gasteiger partial charge on any atom is -0.381 e. The summed E-state index contributed by atoms with van der Waals surface area (Å²) in [5.74, 6) is 0.709. The zero-order valence-corrected chi connectivity index (χ0v) is 8.10. The second-order valence-corrected chi connectivity index (χ2v) is 4.99. The van der Waals surface area contributed by atoms with Crippen molar-refractivity contribution in [1.82, 2.24) is 0 Å². The third-order valence-electron chi connectivity index (χ3n) is 3.82. The Balaban J connectivity index is 2.00. The molecule has 1 atom stereocenters. The first-order chi connectivity index (χ1) is 5.56.